The van der Waals surface area contributed by atoms with Gasteiger partial charge in [-0.15, -0.1) is 4.91 Å². The number of nitroso groups, excluding NO2 is 1. The zero-order chi connectivity index (χ0) is 13.8. The first kappa shape index (κ1) is 12.6. The molecule has 5 N–H and O–H groups in total. The third-order valence-electron chi connectivity index (χ3n) is 2.36. The lowest BCUT2D eigenvalue weighted by Crippen LogP contribution is -2.04. The molecule has 0 spiro atoms. The first-order valence-corrected chi connectivity index (χ1v) is 5.38. The lowest BCUT2D eigenvalue weighted by Gasteiger charge is -2.10. The molecule has 1 heterocycles. The van der Waals surface area contributed by atoms with Gasteiger partial charge in [-0.05, 0) is 29.4 Å². The van der Waals surface area contributed by atoms with E-state index in [4.69, 9.17) is 5.73 Å². The van der Waals surface area contributed by atoms with Crippen LogP contribution in [-0.2, 0) is 0 Å². The largest absolute Gasteiger partial charge is 0.508 e. The Labute approximate surface area is 108 Å². The van der Waals surface area contributed by atoms with E-state index in [1.807, 2.05) is 0 Å². The summed E-state index contributed by atoms with van der Waals surface area (Å²) in [6.45, 7) is 0. The summed E-state index contributed by atoms with van der Waals surface area (Å²) in [5.41, 5.74) is 6.21. The van der Waals surface area contributed by atoms with E-state index < -0.39 is 0 Å². The van der Waals surface area contributed by atoms with Crippen molar-refractivity contribution in [2.24, 2.45) is 5.18 Å². The van der Waals surface area contributed by atoms with Crippen LogP contribution < -0.4 is 16.4 Å². The average Bonchev–Trinajstić information content (AvgIpc) is 2.40. The molecule has 0 saturated heterocycles. The summed E-state index contributed by atoms with van der Waals surface area (Å²) >= 11 is 0. The summed E-state index contributed by atoms with van der Waals surface area (Å²) in [4.78, 5) is 18.7. The van der Waals surface area contributed by atoms with Crippen molar-refractivity contribution >= 4 is 29.0 Å². The van der Waals surface area contributed by atoms with E-state index >= 15 is 0 Å². The normalized spacial score (nSPS) is 9.95. The Balaban J connectivity index is 2.41. The van der Waals surface area contributed by atoms with E-state index in [2.05, 4.69) is 25.8 Å². The lowest BCUT2D eigenvalue weighted by atomic mass is 10.3. The third kappa shape index (κ3) is 2.68. The molecule has 0 unspecified atom stereocenters. The fraction of sp³-hybridized carbons (Fsp3) is 0.0909. The molecule has 19 heavy (non-hydrogen) atoms. The van der Waals surface area contributed by atoms with Gasteiger partial charge in [0.25, 0.3) is 0 Å². The van der Waals surface area contributed by atoms with Gasteiger partial charge in [-0.3, -0.25) is 0 Å². The fourth-order valence-corrected chi connectivity index (χ4v) is 1.50. The number of aromatic hydroxyl groups is 1. The molecule has 8 heteroatoms. The zero-order valence-corrected chi connectivity index (χ0v) is 10.1. The minimum absolute atomic E-state index is 0.0121. The highest BCUT2D eigenvalue weighted by Crippen LogP contribution is 2.33. The van der Waals surface area contributed by atoms with Crippen molar-refractivity contribution in [2.75, 3.05) is 23.4 Å². The number of phenolic OH excluding ortho intramolecular Hbond substituents is 1. The molecule has 0 atom stereocenters. The first-order chi connectivity index (χ1) is 9.13. The van der Waals surface area contributed by atoms with Gasteiger partial charge in [0.2, 0.25) is 5.95 Å². The molecule has 2 rings (SSSR count). The quantitative estimate of drug-likeness (QED) is 0.489. The van der Waals surface area contributed by atoms with Gasteiger partial charge in [-0.1, -0.05) is 0 Å². The van der Waals surface area contributed by atoms with Crippen molar-refractivity contribution in [3.63, 3.8) is 0 Å². The maximum Gasteiger partial charge on any atom is 0.224 e. The first-order valence-electron chi connectivity index (χ1n) is 5.38. The molecule has 0 amide bonds. The molecule has 1 aromatic heterocycles. The molecule has 2 aromatic rings. The van der Waals surface area contributed by atoms with Gasteiger partial charge < -0.3 is 21.5 Å². The smallest absolute Gasteiger partial charge is 0.224 e. The molecule has 0 bridgehead atoms. The van der Waals surface area contributed by atoms with Crippen LogP contribution in [0.5, 0.6) is 5.75 Å². The van der Waals surface area contributed by atoms with Gasteiger partial charge in [-0.2, -0.15) is 9.97 Å². The molecule has 8 nitrogen and oxygen atoms in total. The van der Waals surface area contributed by atoms with E-state index in [0.717, 1.165) is 0 Å². The molecule has 0 aliphatic carbocycles. The van der Waals surface area contributed by atoms with Crippen LogP contribution in [0.1, 0.15) is 0 Å². The number of nitrogens with two attached hydrogens (primary N) is 1. The summed E-state index contributed by atoms with van der Waals surface area (Å²) < 4.78 is 0. The van der Waals surface area contributed by atoms with Crippen molar-refractivity contribution in [1.29, 1.82) is 0 Å². The van der Waals surface area contributed by atoms with Crippen LogP contribution in [0.3, 0.4) is 0 Å². The number of rotatable bonds is 4. The molecule has 1 aromatic carbocycles. The molecular formula is C11H12N6O2. The number of phenols is 1. The van der Waals surface area contributed by atoms with Gasteiger partial charge >= 0.3 is 0 Å². The second-order valence-electron chi connectivity index (χ2n) is 3.64. The Morgan fingerprint density at radius 2 is 1.84 bits per heavy atom. The molecule has 0 aliphatic rings. The van der Waals surface area contributed by atoms with E-state index in [0.29, 0.717) is 5.69 Å². The van der Waals surface area contributed by atoms with Crippen molar-refractivity contribution in [3.05, 3.63) is 29.2 Å². The number of hydrogen-bond donors (Lipinski definition) is 4. The summed E-state index contributed by atoms with van der Waals surface area (Å²) in [6.07, 6.45) is 0. The van der Waals surface area contributed by atoms with Crippen molar-refractivity contribution < 1.29 is 5.11 Å². The monoisotopic (exact) mass is 260 g/mol. The maximum atomic E-state index is 10.9. The van der Waals surface area contributed by atoms with E-state index in [9.17, 15) is 10.0 Å². The van der Waals surface area contributed by atoms with Gasteiger partial charge in [0.1, 0.15) is 5.75 Å². The SMILES string of the molecule is CNc1nc(N)nc(Nc2ccc(O)cc2)c1N=O. The number of anilines is 4. The van der Waals surface area contributed by atoms with Crippen LogP contribution in [0.4, 0.5) is 29.0 Å². The molecule has 0 saturated carbocycles. The van der Waals surface area contributed by atoms with E-state index in [1.165, 1.54) is 12.1 Å². The lowest BCUT2D eigenvalue weighted by molar-refractivity contribution is 0.475. The van der Waals surface area contributed by atoms with Crippen LogP contribution in [0.2, 0.25) is 0 Å². The summed E-state index contributed by atoms with van der Waals surface area (Å²) in [5, 5.41) is 17.7. The van der Waals surface area contributed by atoms with Gasteiger partial charge in [0.15, 0.2) is 17.3 Å². The Morgan fingerprint density at radius 1 is 1.21 bits per heavy atom. The third-order valence-corrected chi connectivity index (χ3v) is 2.36. The summed E-state index contributed by atoms with van der Waals surface area (Å²) in [7, 11) is 1.60. The minimum atomic E-state index is 0.0121. The van der Waals surface area contributed by atoms with Crippen LogP contribution in [-0.4, -0.2) is 22.1 Å². The predicted molar refractivity (Wildman–Crippen MR) is 72.8 cm³/mol. The summed E-state index contributed by atoms with van der Waals surface area (Å²) in [6, 6.07) is 6.25. The van der Waals surface area contributed by atoms with Crippen LogP contribution in [0, 0.1) is 4.91 Å². The number of aromatic nitrogens is 2. The van der Waals surface area contributed by atoms with Crippen LogP contribution >= 0.6 is 0 Å². The van der Waals surface area contributed by atoms with E-state index in [1.54, 1.807) is 19.2 Å². The number of benzene rings is 1. The Kier molecular flexibility index (Phi) is 3.42. The molecular weight excluding hydrogens is 248 g/mol. The zero-order valence-electron chi connectivity index (χ0n) is 10.1. The highest BCUT2D eigenvalue weighted by Gasteiger charge is 2.13. The Bertz CT molecular complexity index is 599. The van der Waals surface area contributed by atoms with Gasteiger partial charge in [0, 0.05) is 12.7 Å². The van der Waals surface area contributed by atoms with Gasteiger partial charge in [-0.25, -0.2) is 0 Å². The maximum absolute atomic E-state index is 10.9. The van der Waals surface area contributed by atoms with Crippen molar-refractivity contribution in [2.45, 2.75) is 0 Å². The van der Waals surface area contributed by atoms with E-state index in [-0.39, 0.29) is 29.0 Å². The Morgan fingerprint density at radius 3 is 2.42 bits per heavy atom. The van der Waals surface area contributed by atoms with Crippen molar-refractivity contribution in [3.8, 4) is 5.75 Å². The molecule has 0 fully saturated rings. The number of nitrogen functional groups attached to an aromatic ring is 1. The van der Waals surface area contributed by atoms with Gasteiger partial charge in [0.05, 0.1) is 0 Å². The standard InChI is InChI=1S/C11H12N6O2/c1-13-9-8(17-19)10(16-11(12)15-9)14-6-2-4-7(18)5-3-6/h2-5,18H,1H3,(H4,12,13,14,15,16). The number of hydrogen-bond acceptors (Lipinski definition) is 8. The van der Waals surface area contributed by atoms with Crippen molar-refractivity contribution in [1.82, 2.24) is 9.97 Å². The average molecular weight is 260 g/mol. The Hall–Kier alpha value is -2.90. The molecule has 0 radical (unpaired) electrons. The minimum Gasteiger partial charge on any atom is -0.508 e. The predicted octanol–water partition coefficient (Wildman–Crippen LogP) is 1.95. The molecule has 0 aliphatic heterocycles. The number of nitrogens with zero attached hydrogens (tertiary/aromatic N) is 3. The molecule has 98 valence electrons. The van der Waals surface area contributed by atoms with Crippen LogP contribution in [0.15, 0.2) is 29.4 Å². The fourth-order valence-electron chi connectivity index (χ4n) is 1.50. The summed E-state index contributed by atoms with van der Waals surface area (Å²) in [5.74, 6) is 0.580. The second-order valence-corrected chi connectivity index (χ2v) is 3.64. The highest BCUT2D eigenvalue weighted by atomic mass is 16.3. The highest BCUT2D eigenvalue weighted by molar-refractivity contribution is 5.78. The number of nitrogens with one attached hydrogen (secondary N) is 2. The second kappa shape index (κ2) is 5.17. The van der Waals surface area contributed by atoms with Crippen LogP contribution in [0.25, 0.3) is 0 Å². The topological polar surface area (TPSA) is 126 Å².